The number of nitrogens with one attached hydrogen (secondary N) is 1. The number of nitrogens with zero attached hydrogens (tertiary/aromatic N) is 2. The van der Waals surface area contributed by atoms with Gasteiger partial charge in [-0.3, -0.25) is 0 Å². The smallest absolute Gasteiger partial charge is 0.140 e. The van der Waals surface area contributed by atoms with Crippen LogP contribution in [0.3, 0.4) is 0 Å². The first-order valence-corrected chi connectivity index (χ1v) is 7.02. The average molecular weight is 298 g/mol. The van der Waals surface area contributed by atoms with Crippen molar-refractivity contribution in [3.05, 3.63) is 22.3 Å². The molecule has 1 saturated heterocycles. The van der Waals surface area contributed by atoms with Gasteiger partial charge in [-0.1, -0.05) is 6.42 Å². The number of likely N-dealkylation sites (tertiary alicyclic amines) is 1. The fourth-order valence-electron chi connectivity index (χ4n) is 2.28. The molecular formula is C13H20BrN3. The summed E-state index contributed by atoms with van der Waals surface area (Å²) in [7, 11) is 2.21. The maximum atomic E-state index is 4.41. The van der Waals surface area contributed by atoms with E-state index in [-0.39, 0.29) is 0 Å². The number of rotatable bonds is 3. The summed E-state index contributed by atoms with van der Waals surface area (Å²) in [6.07, 6.45) is 5.86. The van der Waals surface area contributed by atoms with Gasteiger partial charge < -0.3 is 10.2 Å². The summed E-state index contributed by atoms with van der Waals surface area (Å²) >= 11 is 3.55. The predicted octanol–water partition coefficient (Wildman–Crippen LogP) is 3.05. The molecule has 17 heavy (non-hydrogen) atoms. The van der Waals surface area contributed by atoms with Crippen molar-refractivity contribution in [2.75, 3.05) is 25.5 Å². The van der Waals surface area contributed by atoms with E-state index in [2.05, 4.69) is 51.2 Å². The molecule has 0 spiro atoms. The molecule has 4 heteroatoms. The molecule has 1 aliphatic rings. The lowest BCUT2D eigenvalue weighted by molar-refractivity contribution is 0.194. The van der Waals surface area contributed by atoms with E-state index in [0.29, 0.717) is 6.04 Å². The first-order chi connectivity index (χ1) is 8.16. The predicted molar refractivity (Wildman–Crippen MR) is 75.4 cm³/mol. The van der Waals surface area contributed by atoms with E-state index < -0.39 is 0 Å². The van der Waals surface area contributed by atoms with E-state index in [1.54, 1.807) is 0 Å². The SMILES string of the molecule is Cc1cnc(NCC2CCCCN2C)c(Br)c1. The van der Waals surface area contributed by atoms with Crippen molar-refractivity contribution in [3.8, 4) is 0 Å². The molecule has 1 aromatic rings. The second-order valence-electron chi connectivity index (χ2n) is 4.85. The van der Waals surface area contributed by atoms with Crippen LogP contribution in [-0.2, 0) is 0 Å². The molecule has 0 bridgehead atoms. The third kappa shape index (κ3) is 3.42. The average Bonchev–Trinajstić information content (AvgIpc) is 2.30. The van der Waals surface area contributed by atoms with Gasteiger partial charge in [-0.25, -0.2) is 4.98 Å². The van der Waals surface area contributed by atoms with Gasteiger partial charge in [0.05, 0.1) is 4.47 Å². The molecule has 94 valence electrons. The summed E-state index contributed by atoms with van der Waals surface area (Å²) in [6, 6.07) is 2.73. The molecule has 1 atom stereocenters. The van der Waals surface area contributed by atoms with Gasteiger partial charge >= 0.3 is 0 Å². The minimum Gasteiger partial charge on any atom is -0.368 e. The van der Waals surface area contributed by atoms with Crippen LogP contribution in [0, 0.1) is 6.92 Å². The summed E-state index contributed by atoms with van der Waals surface area (Å²) in [5.74, 6) is 0.953. The molecule has 0 saturated carbocycles. The Bertz CT molecular complexity index is 381. The van der Waals surface area contributed by atoms with Gasteiger partial charge in [0.15, 0.2) is 0 Å². The second-order valence-corrected chi connectivity index (χ2v) is 5.71. The Morgan fingerprint density at radius 1 is 1.53 bits per heavy atom. The van der Waals surface area contributed by atoms with Crippen LogP contribution in [0.25, 0.3) is 0 Å². The Hall–Kier alpha value is -0.610. The van der Waals surface area contributed by atoms with Crippen molar-refractivity contribution in [3.63, 3.8) is 0 Å². The van der Waals surface area contributed by atoms with Crippen LogP contribution in [0.4, 0.5) is 5.82 Å². The maximum absolute atomic E-state index is 4.41. The highest BCUT2D eigenvalue weighted by Gasteiger charge is 2.18. The van der Waals surface area contributed by atoms with E-state index in [1.165, 1.54) is 31.4 Å². The molecule has 1 aliphatic heterocycles. The van der Waals surface area contributed by atoms with Crippen LogP contribution in [0.2, 0.25) is 0 Å². The van der Waals surface area contributed by atoms with Crippen LogP contribution in [0.5, 0.6) is 0 Å². The van der Waals surface area contributed by atoms with Crippen molar-refractivity contribution in [1.29, 1.82) is 0 Å². The zero-order chi connectivity index (χ0) is 12.3. The minimum atomic E-state index is 0.638. The highest BCUT2D eigenvalue weighted by molar-refractivity contribution is 9.10. The number of hydrogen-bond donors (Lipinski definition) is 1. The van der Waals surface area contributed by atoms with E-state index in [0.717, 1.165) is 16.8 Å². The summed E-state index contributed by atoms with van der Waals surface area (Å²) in [5.41, 5.74) is 1.18. The normalized spacial score (nSPS) is 21.5. The zero-order valence-electron chi connectivity index (χ0n) is 10.5. The Labute approximate surface area is 112 Å². The topological polar surface area (TPSA) is 28.2 Å². The Morgan fingerprint density at radius 2 is 2.35 bits per heavy atom. The van der Waals surface area contributed by atoms with Crippen molar-refractivity contribution in [2.45, 2.75) is 32.2 Å². The molecule has 0 amide bonds. The van der Waals surface area contributed by atoms with Gasteiger partial charge in [-0.15, -0.1) is 0 Å². The maximum Gasteiger partial charge on any atom is 0.140 e. The standard InChI is InChI=1S/C13H20BrN3/c1-10-7-12(14)13(15-8-10)16-9-11-5-3-4-6-17(11)2/h7-8,11H,3-6,9H2,1-2H3,(H,15,16). The molecule has 0 radical (unpaired) electrons. The molecule has 1 aromatic heterocycles. The number of likely N-dealkylation sites (N-methyl/N-ethyl adjacent to an activating group) is 1. The van der Waals surface area contributed by atoms with Gasteiger partial charge in [0, 0.05) is 18.8 Å². The summed E-state index contributed by atoms with van der Waals surface area (Å²) in [6.45, 7) is 4.25. The molecule has 2 heterocycles. The largest absolute Gasteiger partial charge is 0.368 e. The Morgan fingerprint density at radius 3 is 3.06 bits per heavy atom. The van der Waals surface area contributed by atoms with E-state index in [4.69, 9.17) is 0 Å². The first kappa shape index (κ1) is 12.8. The van der Waals surface area contributed by atoms with E-state index >= 15 is 0 Å². The molecule has 1 N–H and O–H groups in total. The van der Waals surface area contributed by atoms with Crippen LogP contribution in [0.1, 0.15) is 24.8 Å². The molecule has 1 unspecified atom stereocenters. The fraction of sp³-hybridized carbons (Fsp3) is 0.615. The van der Waals surface area contributed by atoms with Gasteiger partial charge in [0.1, 0.15) is 5.82 Å². The monoisotopic (exact) mass is 297 g/mol. The molecule has 0 aliphatic carbocycles. The Kier molecular flexibility index (Phi) is 4.40. The highest BCUT2D eigenvalue weighted by atomic mass is 79.9. The number of hydrogen-bond acceptors (Lipinski definition) is 3. The van der Waals surface area contributed by atoms with Crippen LogP contribution in [0.15, 0.2) is 16.7 Å². The summed E-state index contributed by atoms with van der Waals surface area (Å²) in [4.78, 5) is 6.85. The fourth-order valence-corrected chi connectivity index (χ4v) is 2.88. The van der Waals surface area contributed by atoms with Crippen molar-refractivity contribution < 1.29 is 0 Å². The first-order valence-electron chi connectivity index (χ1n) is 6.23. The van der Waals surface area contributed by atoms with Gasteiger partial charge in [-0.2, -0.15) is 0 Å². The van der Waals surface area contributed by atoms with E-state index in [9.17, 15) is 0 Å². The van der Waals surface area contributed by atoms with Crippen molar-refractivity contribution in [2.24, 2.45) is 0 Å². The molecule has 0 aromatic carbocycles. The number of piperidine rings is 1. The van der Waals surface area contributed by atoms with Crippen LogP contribution in [-0.4, -0.2) is 36.1 Å². The lowest BCUT2D eigenvalue weighted by atomic mass is 10.0. The van der Waals surface area contributed by atoms with Gasteiger partial charge in [0.25, 0.3) is 0 Å². The van der Waals surface area contributed by atoms with Gasteiger partial charge in [-0.05, 0) is 60.9 Å². The van der Waals surface area contributed by atoms with Crippen molar-refractivity contribution >= 4 is 21.7 Å². The number of pyridine rings is 1. The second kappa shape index (κ2) is 5.83. The van der Waals surface area contributed by atoms with Crippen molar-refractivity contribution in [1.82, 2.24) is 9.88 Å². The third-order valence-electron chi connectivity index (χ3n) is 3.40. The van der Waals surface area contributed by atoms with E-state index in [1.807, 2.05) is 6.20 Å². The number of anilines is 1. The molecule has 2 rings (SSSR count). The number of aromatic nitrogens is 1. The third-order valence-corrected chi connectivity index (χ3v) is 4.01. The van der Waals surface area contributed by atoms with Gasteiger partial charge in [0.2, 0.25) is 0 Å². The Balaban J connectivity index is 1.92. The summed E-state index contributed by atoms with van der Waals surface area (Å²) in [5, 5.41) is 3.44. The lowest BCUT2D eigenvalue weighted by Gasteiger charge is -2.32. The zero-order valence-corrected chi connectivity index (χ0v) is 12.1. The number of halogens is 1. The molecule has 1 fully saturated rings. The molecule has 3 nitrogen and oxygen atoms in total. The van der Waals surface area contributed by atoms with Crippen LogP contribution >= 0.6 is 15.9 Å². The summed E-state index contributed by atoms with van der Waals surface area (Å²) < 4.78 is 1.05. The highest BCUT2D eigenvalue weighted by Crippen LogP contribution is 2.21. The number of aryl methyl sites for hydroxylation is 1. The quantitative estimate of drug-likeness (QED) is 0.929. The lowest BCUT2D eigenvalue weighted by Crippen LogP contribution is -2.40. The van der Waals surface area contributed by atoms with Crippen LogP contribution < -0.4 is 5.32 Å². The molecular weight excluding hydrogens is 278 g/mol. The minimum absolute atomic E-state index is 0.638.